The topological polar surface area (TPSA) is 66.0 Å². The molecular weight excluding hydrogens is 271 g/mol. The van der Waals surface area contributed by atoms with Crippen LogP contribution in [-0.2, 0) is 0 Å². The first kappa shape index (κ1) is 13.5. The largest absolute Gasteiger partial charge is 0.357 e. The lowest BCUT2D eigenvalue weighted by molar-refractivity contribution is 0.631. The fourth-order valence-electron chi connectivity index (χ4n) is 2.27. The molecule has 0 bridgehead atoms. The van der Waals surface area contributed by atoms with Crippen molar-refractivity contribution >= 4 is 23.5 Å². The van der Waals surface area contributed by atoms with E-state index in [0.717, 1.165) is 25.9 Å². The Morgan fingerprint density at radius 3 is 2.48 bits per heavy atom. The third-order valence-electron chi connectivity index (χ3n) is 3.36. The first-order valence-electron chi connectivity index (χ1n) is 6.96. The van der Waals surface area contributed by atoms with Gasteiger partial charge in [0.1, 0.15) is 5.82 Å². The summed E-state index contributed by atoms with van der Waals surface area (Å²) >= 11 is 0. The molecule has 0 saturated carbocycles. The van der Waals surface area contributed by atoms with E-state index >= 15 is 0 Å². The van der Waals surface area contributed by atoms with E-state index in [1.165, 1.54) is 6.07 Å². The molecule has 6 nitrogen and oxygen atoms in total. The van der Waals surface area contributed by atoms with Gasteiger partial charge < -0.3 is 15.5 Å². The molecule has 7 heteroatoms. The maximum absolute atomic E-state index is 13.7. The lowest BCUT2D eigenvalue weighted by Gasteiger charge is -2.16. The van der Waals surface area contributed by atoms with Crippen molar-refractivity contribution in [1.82, 2.24) is 15.0 Å². The van der Waals surface area contributed by atoms with Gasteiger partial charge in [-0.05, 0) is 25.0 Å². The van der Waals surface area contributed by atoms with Crippen LogP contribution in [0.2, 0.25) is 0 Å². The van der Waals surface area contributed by atoms with Crippen LogP contribution in [0.5, 0.6) is 0 Å². The van der Waals surface area contributed by atoms with Crippen molar-refractivity contribution in [2.45, 2.75) is 12.8 Å². The van der Waals surface area contributed by atoms with Crippen molar-refractivity contribution in [3.05, 3.63) is 30.1 Å². The molecule has 0 spiro atoms. The van der Waals surface area contributed by atoms with Crippen LogP contribution in [0.3, 0.4) is 0 Å². The predicted molar refractivity (Wildman–Crippen MR) is 80.5 cm³/mol. The number of hydrogen-bond acceptors (Lipinski definition) is 6. The first-order valence-corrected chi connectivity index (χ1v) is 6.96. The lowest BCUT2D eigenvalue weighted by atomic mass is 10.3. The fourth-order valence-corrected chi connectivity index (χ4v) is 2.27. The molecule has 1 aliphatic heterocycles. The fraction of sp³-hybridized carbons (Fsp3) is 0.357. The Morgan fingerprint density at radius 2 is 1.76 bits per heavy atom. The Balaban J connectivity index is 1.90. The van der Waals surface area contributed by atoms with Gasteiger partial charge in [-0.3, -0.25) is 0 Å². The zero-order chi connectivity index (χ0) is 14.7. The highest BCUT2D eigenvalue weighted by Gasteiger charge is 2.17. The van der Waals surface area contributed by atoms with Crippen molar-refractivity contribution in [3.8, 4) is 0 Å². The van der Waals surface area contributed by atoms with Crippen molar-refractivity contribution < 1.29 is 4.39 Å². The first-order chi connectivity index (χ1) is 10.3. The summed E-state index contributed by atoms with van der Waals surface area (Å²) in [5.74, 6) is 1.07. The van der Waals surface area contributed by atoms with Crippen LogP contribution in [0.25, 0.3) is 0 Å². The Bertz CT molecular complexity index is 627. The number of para-hydroxylation sites is 1. The van der Waals surface area contributed by atoms with Crippen molar-refractivity contribution in [1.29, 1.82) is 0 Å². The van der Waals surface area contributed by atoms with Crippen LogP contribution in [0, 0.1) is 5.82 Å². The predicted octanol–water partition coefficient (Wildman–Crippen LogP) is 2.40. The Hall–Kier alpha value is -2.44. The molecule has 0 aliphatic carbocycles. The normalized spacial score (nSPS) is 14.3. The van der Waals surface area contributed by atoms with Crippen LogP contribution in [0.15, 0.2) is 24.3 Å². The molecule has 1 fully saturated rings. The summed E-state index contributed by atoms with van der Waals surface area (Å²) in [6.07, 6.45) is 2.27. The Labute approximate surface area is 122 Å². The average molecular weight is 288 g/mol. The van der Waals surface area contributed by atoms with E-state index in [1.807, 2.05) is 0 Å². The molecule has 1 saturated heterocycles. The van der Waals surface area contributed by atoms with Gasteiger partial charge in [-0.15, -0.1) is 0 Å². The SMILES string of the molecule is CNc1nc(Nc2ccccc2F)nc(N2CCCC2)n1. The number of anilines is 4. The minimum absolute atomic E-state index is 0.335. The van der Waals surface area contributed by atoms with Gasteiger partial charge in [0, 0.05) is 20.1 Å². The van der Waals surface area contributed by atoms with Gasteiger partial charge in [0.25, 0.3) is 0 Å². The van der Waals surface area contributed by atoms with Gasteiger partial charge in [-0.2, -0.15) is 15.0 Å². The van der Waals surface area contributed by atoms with E-state index in [-0.39, 0.29) is 5.82 Å². The summed E-state index contributed by atoms with van der Waals surface area (Å²) in [5.41, 5.74) is 0.345. The van der Waals surface area contributed by atoms with Gasteiger partial charge in [0.05, 0.1) is 5.69 Å². The molecule has 0 atom stereocenters. The summed E-state index contributed by atoms with van der Waals surface area (Å²) in [6, 6.07) is 6.44. The number of hydrogen-bond donors (Lipinski definition) is 2. The number of aromatic nitrogens is 3. The van der Waals surface area contributed by atoms with Crippen molar-refractivity contribution in [3.63, 3.8) is 0 Å². The standard InChI is InChI=1S/C14H17FN6/c1-16-12-18-13(17-11-7-3-2-6-10(11)15)20-14(19-12)21-8-4-5-9-21/h2-3,6-7H,4-5,8-9H2,1H3,(H2,16,17,18,19,20). The minimum atomic E-state index is -0.341. The van der Waals surface area contributed by atoms with E-state index in [2.05, 4.69) is 30.5 Å². The highest BCUT2D eigenvalue weighted by atomic mass is 19.1. The third kappa shape index (κ3) is 3.01. The summed E-state index contributed by atoms with van der Waals surface area (Å²) < 4.78 is 13.7. The lowest BCUT2D eigenvalue weighted by Crippen LogP contribution is -2.22. The maximum atomic E-state index is 13.7. The maximum Gasteiger partial charge on any atom is 0.233 e. The Kier molecular flexibility index (Phi) is 3.81. The van der Waals surface area contributed by atoms with Crippen molar-refractivity contribution in [2.75, 3.05) is 35.7 Å². The highest BCUT2D eigenvalue weighted by Crippen LogP contribution is 2.21. The van der Waals surface area contributed by atoms with Gasteiger partial charge in [-0.1, -0.05) is 12.1 Å². The van der Waals surface area contributed by atoms with Crippen LogP contribution in [-0.4, -0.2) is 35.1 Å². The average Bonchev–Trinajstić information content (AvgIpc) is 3.04. The zero-order valence-electron chi connectivity index (χ0n) is 11.8. The molecule has 1 aromatic carbocycles. The highest BCUT2D eigenvalue weighted by molar-refractivity contribution is 5.56. The van der Waals surface area contributed by atoms with Crippen LogP contribution >= 0.6 is 0 Å². The second-order valence-corrected chi connectivity index (χ2v) is 4.83. The van der Waals surface area contributed by atoms with Crippen LogP contribution in [0.4, 0.5) is 27.9 Å². The third-order valence-corrected chi connectivity index (χ3v) is 3.36. The molecule has 0 unspecified atom stereocenters. The number of nitrogens with one attached hydrogen (secondary N) is 2. The van der Waals surface area contributed by atoms with Gasteiger partial charge in [-0.25, -0.2) is 4.39 Å². The molecule has 110 valence electrons. The van der Waals surface area contributed by atoms with E-state index in [4.69, 9.17) is 0 Å². The summed E-state index contributed by atoms with van der Waals surface area (Å²) in [7, 11) is 1.75. The second-order valence-electron chi connectivity index (χ2n) is 4.83. The molecule has 3 rings (SSSR count). The molecule has 2 N–H and O–H groups in total. The molecular formula is C14H17FN6. The molecule has 2 aromatic rings. The van der Waals surface area contributed by atoms with E-state index in [1.54, 1.807) is 25.2 Å². The Morgan fingerprint density at radius 1 is 1.05 bits per heavy atom. The number of benzene rings is 1. The van der Waals surface area contributed by atoms with E-state index in [9.17, 15) is 4.39 Å². The van der Waals surface area contributed by atoms with Crippen LogP contribution in [0.1, 0.15) is 12.8 Å². The summed E-state index contributed by atoms with van der Waals surface area (Å²) in [5, 5.41) is 5.82. The number of halogens is 1. The molecule has 0 amide bonds. The molecule has 0 radical (unpaired) electrons. The summed E-state index contributed by atoms with van der Waals surface area (Å²) in [4.78, 5) is 15.1. The number of rotatable bonds is 4. The zero-order valence-corrected chi connectivity index (χ0v) is 11.8. The van der Waals surface area contributed by atoms with Gasteiger partial charge in [0.2, 0.25) is 17.8 Å². The second kappa shape index (κ2) is 5.90. The van der Waals surface area contributed by atoms with Gasteiger partial charge in [0.15, 0.2) is 0 Å². The van der Waals surface area contributed by atoms with Gasteiger partial charge >= 0.3 is 0 Å². The minimum Gasteiger partial charge on any atom is -0.357 e. The van der Waals surface area contributed by atoms with Crippen LogP contribution < -0.4 is 15.5 Å². The van der Waals surface area contributed by atoms with Crippen molar-refractivity contribution in [2.24, 2.45) is 0 Å². The summed E-state index contributed by atoms with van der Waals surface area (Å²) in [6.45, 7) is 1.87. The quantitative estimate of drug-likeness (QED) is 0.900. The molecule has 1 aromatic heterocycles. The molecule has 21 heavy (non-hydrogen) atoms. The van der Waals surface area contributed by atoms with E-state index < -0.39 is 0 Å². The molecule has 2 heterocycles. The molecule has 1 aliphatic rings. The number of nitrogens with zero attached hydrogens (tertiary/aromatic N) is 4. The van der Waals surface area contributed by atoms with E-state index in [0.29, 0.717) is 23.5 Å². The monoisotopic (exact) mass is 288 g/mol. The smallest absolute Gasteiger partial charge is 0.233 e.